The number of hydrogen-bond acceptors (Lipinski definition) is 5. The fraction of sp³-hybridized carbons (Fsp3) is 0.600. The van der Waals surface area contributed by atoms with Crippen LogP contribution < -0.4 is 5.32 Å². The fourth-order valence-corrected chi connectivity index (χ4v) is 1.86. The number of thiazole rings is 1. The van der Waals surface area contributed by atoms with E-state index in [1.54, 1.807) is 6.20 Å². The van der Waals surface area contributed by atoms with Crippen LogP contribution in [0.4, 0.5) is 5.13 Å². The van der Waals surface area contributed by atoms with Gasteiger partial charge >= 0.3 is 0 Å². The number of aliphatic hydroxyl groups is 1. The first-order valence-electron chi connectivity index (χ1n) is 4.88. The van der Waals surface area contributed by atoms with Crippen molar-refractivity contribution in [3.05, 3.63) is 11.1 Å². The highest BCUT2D eigenvalue weighted by Gasteiger charge is 2.14. The van der Waals surface area contributed by atoms with Crippen LogP contribution in [-0.2, 0) is 0 Å². The summed E-state index contributed by atoms with van der Waals surface area (Å²) in [5.41, 5.74) is 0. The standard InChI is InChI=1S/C10H16N2O2S/c1-6(2)8(5-13)12-10-11-4-9(15-10)7(3)14/h4,6,8,13H,5H2,1-3H3,(H,11,12)/t8-/m1/s1. The molecule has 0 spiro atoms. The maximum absolute atomic E-state index is 11.0. The van der Waals surface area contributed by atoms with E-state index in [1.165, 1.54) is 18.3 Å². The molecule has 84 valence electrons. The first-order chi connectivity index (χ1) is 7.04. The number of nitrogens with one attached hydrogen (secondary N) is 1. The number of carbonyl (C=O) groups is 1. The highest BCUT2D eigenvalue weighted by molar-refractivity contribution is 7.17. The van der Waals surface area contributed by atoms with Gasteiger partial charge in [0.2, 0.25) is 0 Å². The van der Waals surface area contributed by atoms with E-state index in [1.807, 2.05) is 13.8 Å². The number of ketones is 1. The molecule has 0 fully saturated rings. The van der Waals surface area contributed by atoms with E-state index < -0.39 is 0 Å². The Kier molecular flexibility index (Phi) is 4.23. The minimum Gasteiger partial charge on any atom is -0.394 e. The maximum atomic E-state index is 11.0. The molecule has 1 aromatic rings. The zero-order valence-electron chi connectivity index (χ0n) is 9.15. The summed E-state index contributed by atoms with van der Waals surface area (Å²) in [7, 11) is 0. The van der Waals surface area contributed by atoms with Crippen molar-refractivity contribution in [2.45, 2.75) is 26.8 Å². The Morgan fingerprint density at radius 2 is 2.33 bits per heavy atom. The van der Waals surface area contributed by atoms with E-state index in [4.69, 9.17) is 5.11 Å². The van der Waals surface area contributed by atoms with E-state index >= 15 is 0 Å². The fourth-order valence-electron chi connectivity index (χ4n) is 1.09. The third-order valence-corrected chi connectivity index (χ3v) is 3.19. The van der Waals surface area contributed by atoms with E-state index in [0.29, 0.717) is 15.9 Å². The number of carbonyl (C=O) groups excluding carboxylic acids is 1. The summed E-state index contributed by atoms with van der Waals surface area (Å²) in [5, 5.41) is 12.9. The summed E-state index contributed by atoms with van der Waals surface area (Å²) in [6.07, 6.45) is 1.56. The highest BCUT2D eigenvalue weighted by Crippen LogP contribution is 2.20. The molecule has 0 unspecified atom stereocenters. The minimum absolute atomic E-state index is 0.0176. The molecule has 4 nitrogen and oxygen atoms in total. The molecule has 1 aromatic heterocycles. The van der Waals surface area contributed by atoms with Gasteiger partial charge in [-0.1, -0.05) is 25.2 Å². The molecule has 0 bridgehead atoms. The number of Topliss-reactive ketones (excluding diaryl/α,β-unsaturated/α-hetero) is 1. The minimum atomic E-state index is -0.0176. The lowest BCUT2D eigenvalue weighted by Crippen LogP contribution is -2.29. The monoisotopic (exact) mass is 228 g/mol. The topological polar surface area (TPSA) is 62.2 Å². The summed E-state index contributed by atoms with van der Waals surface area (Å²) >= 11 is 1.32. The summed E-state index contributed by atoms with van der Waals surface area (Å²) in [6.45, 7) is 5.62. The van der Waals surface area contributed by atoms with E-state index in [-0.39, 0.29) is 18.4 Å². The smallest absolute Gasteiger partial charge is 0.183 e. The van der Waals surface area contributed by atoms with Gasteiger partial charge in [0.1, 0.15) is 0 Å². The molecule has 0 aromatic carbocycles. The number of rotatable bonds is 5. The number of aliphatic hydroxyl groups excluding tert-OH is 1. The summed E-state index contributed by atoms with van der Waals surface area (Å²) in [5.74, 6) is 0.338. The van der Waals surface area contributed by atoms with Crippen LogP contribution in [0.3, 0.4) is 0 Å². The van der Waals surface area contributed by atoms with Crippen molar-refractivity contribution in [1.82, 2.24) is 4.98 Å². The van der Waals surface area contributed by atoms with Crippen LogP contribution in [0.15, 0.2) is 6.20 Å². The van der Waals surface area contributed by atoms with Gasteiger partial charge in [-0.3, -0.25) is 4.79 Å². The zero-order chi connectivity index (χ0) is 11.4. The maximum Gasteiger partial charge on any atom is 0.183 e. The van der Waals surface area contributed by atoms with Crippen molar-refractivity contribution in [2.75, 3.05) is 11.9 Å². The number of nitrogens with zero attached hydrogens (tertiary/aromatic N) is 1. The largest absolute Gasteiger partial charge is 0.394 e. The molecular formula is C10H16N2O2S. The lowest BCUT2D eigenvalue weighted by Gasteiger charge is -2.18. The summed E-state index contributed by atoms with van der Waals surface area (Å²) < 4.78 is 0. The van der Waals surface area contributed by atoms with Crippen LogP contribution in [-0.4, -0.2) is 28.5 Å². The predicted molar refractivity (Wildman–Crippen MR) is 61.5 cm³/mol. The molecule has 2 N–H and O–H groups in total. The quantitative estimate of drug-likeness (QED) is 0.754. The Morgan fingerprint density at radius 1 is 1.67 bits per heavy atom. The van der Waals surface area contributed by atoms with Gasteiger partial charge in [-0.05, 0) is 5.92 Å². The van der Waals surface area contributed by atoms with Crippen LogP contribution in [0.5, 0.6) is 0 Å². The second kappa shape index (κ2) is 5.23. The molecule has 0 aliphatic carbocycles. The molecule has 1 rings (SSSR count). The normalized spacial score (nSPS) is 12.9. The van der Waals surface area contributed by atoms with Crippen molar-refractivity contribution >= 4 is 22.3 Å². The van der Waals surface area contributed by atoms with Gasteiger partial charge < -0.3 is 10.4 Å². The molecule has 1 atom stereocenters. The van der Waals surface area contributed by atoms with Gasteiger partial charge in [-0.15, -0.1) is 0 Å². The molecule has 5 heteroatoms. The molecular weight excluding hydrogens is 212 g/mol. The average molecular weight is 228 g/mol. The van der Waals surface area contributed by atoms with E-state index in [0.717, 1.165) is 0 Å². The van der Waals surface area contributed by atoms with Crippen molar-refractivity contribution in [1.29, 1.82) is 0 Å². The molecule has 15 heavy (non-hydrogen) atoms. The van der Waals surface area contributed by atoms with Gasteiger partial charge in [-0.25, -0.2) is 4.98 Å². The molecule has 0 aliphatic heterocycles. The van der Waals surface area contributed by atoms with Crippen LogP contribution >= 0.6 is 11.3 Å². The Hall–Kier alpha value is -0.940. The van der Waals surface area contributed by atoms with Crippen LogP contribution in [0, 0.1) is 5.92 Å². The lowest BCUT2D eigenvalue weighted by atomic mass is 10.1. The molecule has 0 aliphatic rings. The third-order valence-electron chi connectivity index (χ3n) is 2.16. The van der Waals surface area contributed by atoms with Gasteiger partial charge in [-0.2, -0.15) is 0 Å². The third kappa shape index (κ3) is 3.28. The van der Waals surface area contributed by atoms with Crippen molar-refractivity contribution in [2.24, 2.45) is 5.92 Å². The SMILES string of the molecule is CC(=O)c1cnc(N[C@H](CO)C(C)C)s1. The van der Waals surface area contributed by atoms with Gasteiger partial charge in [0, 0.05) is 6.92 Å². The van der Waals surface area contributed by atoms with Gasteiger partial charge in [0.05, 0.1) is 23.7 Å². The van der Waals surface area contributed by atoms with Gasteiger partial charge in [0.25, 0.3) is 0 Å². The van der Waals surface area contributed by atoms with Crippen LogP contribution in [0.25, 0.3) is 0 Å². The van der Waals surface area contributed by atoms with E-state index in [2.05, 4.69) is 10.3 Å². The summed E-state index contributed by atoms with van der Waals surface area (Å²) in [4.78, 5) is 15.8. The second-order valence-corrected chi connectivity index (χ2v) is 4.79. The van der Waals surface area contributed by atoms with Gasteiger partial charge in [0.15, 0.2) is 10.9 Å². The molecule has 0 saturated heterocycles. The Morgan fingerprint density at radius 3 is 2.73 bits per heavy atom. The van der Waals surface area contributed by atoms with Crippen molar-refractivity contribution in [3.8, 4) is 0 Å². The number of aromatic nitrogens is 1. The highest BCUT2D eigenvalue weighted by atomic mass is 32.1. The first-order valence-corrected chi connectivity index (χ1v) is 5.70. The lowest BCUT2D eigenvalue weighted by molar-refractivity contribution is 0.102. The van der Waals surface area contributed by atoms with E-state index in [9.17, 15) is 4.79 Å². The number of anilines is 1. The summed E-state index contributed by atoms with van der Waals surface area (Å²) in [6, 6.07) is -0.0176. The van der Waals surface area contributed by atoms with Crippen LogP contribution in [0.2, 0.25) is 0 Å². The van der Waals surface area contributed by atoms with Crippen LogP contribution in [0.1, 0.15) is 30.4 Å². The molecule has 0 radical (unpaired) electrons. The van der Waals surface area contributed by atoms with Crippen molar-refractivity contribution in [3.63, 3.8) is 0 Å². The molecule has 1 heterocycles. The predicted octanol–water partition coefficient (Wildman–Crippen LogP) is 1.77. The van der Waals surface area contributed by atoms with Crippen molar-refractivity contribution < 1.29 is 9.90 Å². The second-order valence-electron chi connectivity index (χ2n) is 3.76. The first kappa shape index (κ1) is 12.1. The molecule has 0 amide bonds. The molecule has 0 saturated carbocycles. The average Bonchev–Trinajstić information content (AvgIpc) is 2.61. The number of hydrogen-bond donors (Lipinski definition) is 2. The Bertz CT molecular complexity index is 336. The Labute approximate surface area is 93.4 Å². The zero-order valence-corrected chi connectivity index (χ0v) is 9.97. The Balaban J connectivity index is 2.67.